The number of nitrogens with one attached hydrogen (secondary N) is 1. The van der Waals surface area contributed by atoms with Gasteiger partial charge < -0.3 is 20.9 Å². The number of nitrogens with two attached hydrogens (primary N) is 1. The minimum absolute atomic E-state index is 0.0644. The lowest BCUT2D eigenvalue weighted by Gasteiger charge is -2.21. The van der Waals surface area contributed by atoms with Gasteiger partial charge in [0.2, 0.25) is 5.91 Å². The van der Waals surface area contributed by atoms with Gasteiger partial charge in [-0.05, 0) is 20.8 Å². The second-order valence-electron chi connectivity index (χ2n) is 4.14. The molecule has 0 aromatic carbocycles. The van der Waals surface area contributed by atoms with Gasteiger partial charge in [-0.25, -0.2) is 0 Å². The molecule has 1 amide bonds. The van der Waals surface area contributed by atoms with E-state index < -0.39 is 24.5 Å². The number of aliphatic carboxylic acids is 1. The van der Waals surface area contributed by atoms with Crippen molar-refractivity contribution in [2.24, 2.45) is 5.73 Å². The maximum absolute atomic E-state index is 11.2. The van der Waals surface area contributed by atoms with E-state index >= 15 is 0 Å². The number of carbonyl (C=O) groups excluding carboxylic acids is 1. The Hall–Kier alpha value is -1.14. The van der Waals surface area contributed by atoms with Gasteiger partial charge in [-0.3, -0.25) is 9.59 Å². The van der Waals surface area contributed by atoms with Gasteiger partial charge in [0.15, 0.2) is 0 Å². The van der Waals surface area contributed by atoms with Crippen molar-refractivity contribution in [2.75, 3.05) is 13.2 Å². The molecule has 0 spiro atoms. The minimum Gasteiger partial charge on any atom is -0.480 e. The second kappa shape index (κ2) is 5.67. The first kappa shape index (κ1) is 13.9. The fourth-order valence-electron chi connectivity index (χ4n) is 0.709. The Balaban J connectivity index is 3.84. The number of amides is 1. The molecule has 6 heteroatoms. The number of carbonyl (C=O) groups is 2. The molecule has 0 heterocycles. The predicted octanol–water partition coefficient (Wildman–Crippen LogP) is -0.670. The lowest BCUT2D eigenvalue weighted by molar-refractivity contribution is -0.138. The first-order valence-electron chi connectivity index (χ1n) is 4.61. The van der Waals surface area contributed by atoms with Crippen molar-refractivity contribution in [3.63, 3.8) is 0 Å². The third-order valence-corrected chi connectivity index (χ3v) is 1.45. The van der Waals surface area contributed by atoms with E-state index in [2.05, 4.69) is 5.32 Å². The SMILES string of the molecule is CC(C)(C)OC[C@H](N)C(=O)NCC(=O)O. The quantitative estimate of drug-likeness (QED) is 0.568. The summed E-state index contributed by atoms with van der Waals surface area (Å²) in [7, 11) is 0. The molecule has 0 unspecified atom stereocenters. The molecule has 88 valence electrons. The molecule has 0 fully saturated rings. The molecule has 0 saturated heterocycles. The van der Waals surface area contributed by atoms with E-state index in [1.54, 1.807) is 0 Å². The van der Waals surface area contributed by atoms with Crippen LogP contribution in [0.3, 0.4) is 0 Å². The molecule has 0 aromatic heterocycles. The molecule has 0 radical (unpaired) electrons. The van der Waals surface area contributed by atoms with Crippen LogP contribution in [0.25, 0.3) is 0 Å². The van der Waals surface area contributed by atoms with Gasteiger partial charge in [0.05, 0.1) is 12.2 Å². The van der Waals surface area contributed by atoms with E-state index in [0.717, 1.165) is 0 Å². The van der Waals surface area contributed by atoms with Gasteiger partial charge in [-0.2, -0.15) is 0 Å². The number of carboxylic acid groups (broad SMARTS) is 1. The molecule has 4 N–H and O–H groups in total. The van der Waals surface area contributed by atoms with Crippen molar-refractivity contribution in [2.45, 2.75) is 32.4 Å². The molecule has 0 rings (SSSR count). The van der Waals surface area contributed by atoms with E-state index in [1.165, 1.54) is 0 Å². The predicted molar refractivity (Wildman–Crippen MR) is 54.3 cm³/mol. The fourth-order valence-corrected chi connectivity index (χ4v) is 0.709. The highest BCUT2D eigenvalue weighted by atomic mass is 16.5. The van der Waals surface area contributed by atoms with Crippen molar-refractivity contribution < 1.29 is 19.4 Å². The summed E-state index contributed by atoms with van der Waals surface area (Å²) < 4.78 is 5.29. The topological polar surface area (TPSA) is 102 Å². The van der Waals surface area contributed by atoms with Crippen LogP contribution in [0.4, 0.5) is 0 Å². The Morgan fingerprint density at radius 1 is 1.47 bits per heavy atom. The zero-order chi connectivity index (χ0) is 12.1. The summed E-state index contributed by atoms with van der Waals surface area (Å²) in [4.78, 5) is 21.3. The molecular weight excluding hydrogens is 200 g/mol. The van der Waals surface area contributed by atoms with Crippen molar-refractivity contribution in [3.05, 3.63) is 0 Å². The summed E-state index contributed by atoms with van der Waals surface area (Å²) in [6.07, 6.45) is 0. The lowest BCUT2D eigenvalue weighted by atomic mass is 10.2. The van der Waals surface area contributed by atoms with Crippen LogP contribution in [0.2, 0.25) is 0 Å². The van der Waals surface area contributed by atoms with Crippen LogP contribution in [-0.2, 0) is 14.3 Å². The Morgan fingerprint density at radius 3 is 2.40 bits per heavy atom. The van der Waals surface area contributed by atoms with Gasteiger partial charge in [-0.15, -0.1) is 0 Å². The van der Waals surface area contributed by atoms with Gasteiger partial charge in [0.1, 0.15) is 12.6 Å². The van der Waals surface area contributed by atoms with Crippen LogP contribution in [-0.4, -0.2) is 41.8 Å². The summed E-state index contributed by atoms with van der Waals surface area (Å²) in [5.41, 5.74) is 5.11. The van der Waals surface area contributed by atoms with Crippen molar-refractivity contribution in [1.82, 2.24) is 5.32 Å². The third-order valence-electron chi connectivity index (χ3n) is 1.45. The summed E-state index contributed by atoms with van der Waals surface area (Å²) in [6.45, 7) is 5.16. The minimum atomic E-state index is -1.10. The highest BCUT2D eigenvalue weighted by Gasteiger charge is 2.18. The second-order valence-corrected chi connectivity index (χ2v) is 4.14. The van der Waals surface area contributed by atoms with Crippen LogP contribution in [0, 0.1) is 0 Å². The molecule has 1 atom stereocenters. The highest BCUT2D eigenvalue weighted by molar-refractivity contribution is 5.85. The number of ether oxygens (including phenoxy) is 1. The summed E-state index contributed by atoms with van der Waals surface area (Å²) >= 11 is 0. The molecule has 0 aliphatic heterocycles. The average Bonchev–Trinajstić information content (AvgIpc) is 2.08. The summed E-state index contributed by atoms with van der Waals surface area (Å²) in [6, 6.07) is -0.844. The monoisotopic (exact) mass is 218 g/mol. The van der Waals surface area contributed by atoms with E-state index in [4.69, 9.17) is 15.6 Å². The normalized spacial score (nSPS) is 13.3. The summed E-state index contributed by atoms with van der Waals surface area (Å²) in [5.74, 6) is -1.63. The van der Waals surface area contributed by atoms with Gasteiger partial charge in [0.25, 0.3) is 0 Å². The Labute approximate surface area is 88.8 Å². The Morgan fingerprint density at radius 2 is 2.00 bits per heavy atom. The van der Waals surface area contributed by atoms with Crippen LogP contribution >= 0.6 is 0 Å². The molecule has 0 saturated carbocycles. The highest BCUT2D eigenvalue weighted by Crippen LogP contribution is 2.06. The Bertz CT molecular complexity index is 235. The lowest BCUT2D eigenvalue weighted by Crippen LogP contribution is -2.46. The van der Waals surface area contributed by atoms with E-state index in [1.807, 2.05) is 20.8 Å². The molecular formula is C9H18N2O4. The van der Waals surface area contributed by atoms with E-state index in [-0.39, 0.29) is 12.2 Å². The fraction of sp³-hybridized carbons (Fsp3) is 0.778. The Kier molecular flexibility index (Phi) is 5.24. The van der Waals surface area contributed by atoms with Crippen LogP contribution < -0.4 is 11.1 Å². The number of hydrogen-bond acceptors (Lipinski definition) is 4. The standard InChI is InChI=1S/C9H18N2O4/c1-9(2,3)15-5-6(10)8(14)11-4-7(12)13/h6H,4-5,10H2,1-3H3,(H,11,14)(H,12,13)/t6-/m0/s1. The van der Waals surface area contributed by atoms with Crippen molar-refractivity contribution in [3.8, 4) is 0 Å². The molecule has 0 aliphatic rings. The number of carboxylic acids is 1. The molecule has 6 nitrogen and oxygen atoms in total. The first-order valence-corrected chi connectivity index (χ1v) is 4.61. The first-order chi connectivity index (χ1) is 6.72. The maximum atomic E-state index is 11.2. The molecule has 0 aliphatic carbocycles. The van der Waals surface area contributed by atoms with Crippen molar-refractivity contribution >= 4 is 11.9 Å². The smallest absolute Gasteiger partial charge is 0.322 e. The van der Waals surface area contributed by atoms with Gasteiger partial charge in [0, 0.05) is 0 Å². The average molecular weight is 218 g/mol. The maximum Gasteiger partial charge on any atom is 0.322 e. The van der Waals surface area contributed by atoms with Gasteiger partial charge in [-0.1, -0.05) is 0 Å². The molecule has 0 aromatic rings. The summed E-state index contributed by atoms with van der Waals surface area (Å²) in [5, 5.41) is 10.5. The van der Waals surface area contributed by atoms with Crippen LogP contribution in [0.15, 0.2) is 0 Å². The number of rotatable bonds is 5. The zero-order valence-corrected chi connectivity index (χ0v) is 9.24. The van der Waals surface area contributed by atoms with Crippen molar-refractivity contribution in [1.29, 1.82) is 0 Å². The number of hydrogen-bond donors (Lipinski definition) is 3. The van der Waals surface area contributed by atoms with Gasteiger partial charge >= 0.3 is 5.97 Å². The van der Waals surface area contributed by atoms with E-state index in [9.17, 15) is 9.59 Å². The van der Waals surface area contributed by atoms with Crippen LogP contribution in [0.5, 0.6) is 0 Å². The third kappa shape index (κ3) is 7.90. The van der Waals surface area contributed by atoms with Crippen LogP contribution in [0.1, 0.15) is 20.8 Å². The van der Waals surface area contributed by atoms with E-state index in [0.29, 0.717) is 0 Å². The largest absolute Gasteiger partial charge is 0.480 e. The molecule has 0 bridgehead atoms. The zero-order valence-electron chi connectivity index (χ0n) is 9.24. The molecule has 15 heavy (non-hydrogen) atoms.